The summed E-state index contributed by atoms with van der Waals surface area (Å²) in [5.74, 6) is 0. The number of ether oxygens (including phenoxy) is 5. The van der Waals surface area contributed by atoms with Gasteiger partial charge in [-0.1, -0.05) is 0 Å². The van der Waals surface area contributed by atoms with Crippen molar-refractivity contribution in [3.05, 3.63) is 33.1 Å². The maximum absolute atomic E-state index is 12.1. The second-order valence-electron chi connectivity index (χ2n) is 9.67. The van der Waals surface area contributed by atoms with Gasteiger partial charge in [-0.15, -0.1) is 0 Å². The summed E-state index contributed by atoms with van der Waals surface area (Å²) in [6, 6.07) is -1.36. The normalized spacial score (nSPS) is 44.9. The standard InChI is InChI=1S/C21H35N5O13/c22-3-6-12(28)15(31)10(23)19(38-6)36-5-8-13(29)16(32)11(24)20(39-8)35-4-7-14(30)17(33)18(37-7)26-2-1-9(27)25-21(26)34/h1-2,6-8,10-20,28-33H,3-5,22-24H2,(H,25,27,34)/t6-,7-,8-,10-,11-,12-,13-,14-,15-,16-,17-,18-,19-,20-/m1/s1. The van der Waals surface area contributed by atoms with Gasteiger partial charge in [0.1, 0.15) is 54.9 Å². The van der Waals surface area contributed by atoms with E-state index in [1.165, 1.54) is 0 Å². The molecule has 3 saturated heterocycles. The first kappa shape index (κ1) is 30.1. The molecule has 18 heteroatoms. The highest BCUT2D eigenvalue weighted by molar-refractivity contribution is 4.96. The molecule has 3 aliphatic heterocycles. The molecule has 1 aromatic heterocycles. The molecule has 0 bridgehead atoms. The van der Waals surface area contributed by atoms with Gasteiger partial charge in [-0.05, 0) is 0 Å². The molecular formula is C21H35N5O13. The van der Waals surface area contributed by atoms with Crippen LogP contribution in [0.15, 0.2) is 21.9 Å². The fraction of sp³-hybridized carbons (Fsp3) is 0.810. The third-order valence-corrected chi connectivity index (χ3v) is 7.04. The maximum atomic E-state index is 12.1. The van der Waals surface area contributed by atoms with E-state index >= 15 is 0 Å². The van der Waals surface area contributed by atoms with Crippen LogP contribution in [0, 0.1) is 0 Å². The number of aromatic amines is 1. The topological polar surface area (TPSA) is 300 Å². The van der Waals surface area contributed by atoms with E-state index in [4.69, 9.17) is 40.9 Å². The molecule has 0 unspecified atom stereocenters. The van der Waals surface area contributed by atoms with Crippen LogP contribution in [0.3, 0.4) is 0 Å². The number of nitrogens with two attached hydrogens (primary N) is 3. The average Bonchev–Trinajstić information content (AvgIpc) is 3.19. The van der Waals surface area contributed by atoms with E-state index in [1.807, 2.05) is 4.98 Å². The van der Waals surface area contributed by atoms with Gasteiger partial charge in [0.15, 0.2) is 18.8 Å². The highest BCUT2D eigenvalue weighted by Gasteiger charge is 2.48. The number of rotatable bonds is 8. The van der Waals surface area contributed by atoms with E-state index in [1.54, 1.807) is 0 Å². The number of hydrogen-bond donors (Lipinski definition) is 10. The van der Waals surface area contributed by atoms with Crippen molar-refractivity contribution in [2.24, 2.45) is 17.2 Å². The molecule has 3 aliphatic rings. The molecular weight excluding hydrogens is 530 g/mol. The lowest BCUT2D eigenvalue weighted by molar-refractivity contribution is -0.299. The molecule has 3 fully saturated rings. The SMILES string of the molecule is NC[C@H]1O[C@@H](OC[C@H]2O[C@@H](OC[C@H]3O[C@@H](n4ccc(=O)[nH]c4=O)[C@H](O)[C@@H]3O)[C@H](N)[C@@H](O)[C@@H]2O)[C@H](N)[C@@H](O)[C@@H]1O. The Kier molecular flexibility index (Phi) is 9.51. The zero-order valence-electron chi connectivity index (χ0n) is 20.6. The van der Waals surface area contributed by atoms with Crippen LogP contribution in [0.25, 0.3) is 0 Å². The van der Waals surface area contributed by atoms with Crippen LogP contribution in [0.1, 0.15) is 6.23 Å². The first-order valence-corrected chi connectivity index (χ1v) is 12.2. The summed E-state index contributed by atoms with van der Waals surface area (Å²) in [5, 5.41) is 61.8. The number of H-pyrrole nitrogens is 1. The summed E-state index contributed by atoms with van der Waals surface area (Å²) in [4.78, 5) is 25.4. The minimum atomic E-state index is -1.55. The molecule has 14 atom stereocenters. The molecule has 18 nitrogen and oxygen atoms in total. The summed E-state index contributed by atoms with van der Waals surface area (Å²) in [6.45, 7) is -0.944. The largest absolute Gasteiger partial charge is 0.388 e. The van der Waals surface area contributed by atoms with Crippen molar-refractivity contribution in [2.45, 2.75) is 85.8 Å². The first-order chi connectivity index (χ1) is 18.4. The monoisotopic (exact) mass is 565 g/mol. The predicted molar refractivity (Wildman–Crippen MR) is 126 cm³/mol. The fourth-order valence-electron chi connectivity index (χ4n) is 4.64. The van der Waals surface area contributed by atoms with Crippen molar-refractivity contribution in [3.8, 4) is 0 Å². The molecule has 0 amide bonds. The van der Waals surface area contributed by atoms with Crippen molar-refractivity contribution in [1.82, 2.24) is 9.55 Å². The summed E-state index contributed by atoms with van der Waals surface area (Å²) in [6.07, 6.45) is -15.0. The van der Waals surface area contributed by atoms with Gasteiger partial charge in [-0.25, -0.2) is 4.79 Å². The molecule has 0 aromatic carbocycles. The van der Waals surface area contributed by atoms with Gasteiger partial charge in [-0.2, -0.15) is 0 Å². The Morgan fingerprint density at radius 1 is 0.769 bits per heavy atom. The Labute approximate surface area is 220 Å². The second kappa shape index (κ2) is 12.3. The van der Waals surface area contributed by atoms with Crippen LogP contribution >= 0.6 is 0 Å². The number of nitrogens with one attached hydrogen (secondary N) is 1. The van der Waals surface area contributed by atoms with E-state index in [9.17, 15) is 40.2 Å². The number of aliphatic hydroxyl groups excluding tert-OH is 6. The molecule has 4 heterocycles. The summed E-state index contributed by atoms with van der Waals surface area (Å²) in [7, 11) is 0. The quantitative estimate of drug-likeness (QED) is 0.140. The van der Waals surface area contributed by atoms with Crippen LogP contribution < -0.4 is 28.5 Å². The van der Waals surface area contributed by atoms with Gasteiger partial charge in [0, 0.05) is 18.8 Å². The summed E-state index contributed by atoms with van der Waals surface area (Å²) in [5.41, 5.74) is 15.8. The molecule has 0 radical (unpaired) electrons. The third-order valence-electron chi connectivity index (χ3n) is 7.04. The van der Waals surface area contributed by atoms with Gasteiger partial charge >= 0.3 is 5.69 Å². The number of nitrogens with zero attached hydrogens (tertiary/aromatic N) is 1. The van der Waals surface area contributed by atoms with Crippen molar-refractivity contribution < 1.29 is 54.3 Å². The molecule has 0 saturated carbocycles. The van der Waals surface area contributed by atoms with Gasteiger partial charge < -0.3 is 71.5 Å². The van der Waals surface area contributed by atoms with Gasteiger partial charge in [-0.3, -0.25) is 14.3 Å². The Bertz CT molecular complexity index is 1070. The number of aliphatic hydroxyl groups is 6. The smallest absolute Gasteiger partial charge is 0.330 e. The van der Waals surface area contributed by atoms with Crippen molar-refractivity contribution in [3.63, 3.8) is 0 Å². The summed E-state index contributed by atoms with van der Waals surface area (Å²) < 4.78 is 28.8. The number of hydrogen-bond acceptors (Lipinski definition) is 16. The predicted octanol–water partition coefficient (Wildman–Crippen LogP) is -7.30. The van der Waals surface area contributed by atoms with Crippen LogP contribution in [-0.2, 0) is 23.7 Å². The Hall–Kier alpha value is -1.88. The molecule has 13 N–H and O–H groups in total. The fourth-order valence-corrected chi connectivity index (χ4v) is 4.64. The molecule has 1 aromatic rings. The zero-order valence-corrected chi connectivity index (χ0v) is 20.6. The Balaban J connectivity index is 1.36. The lowest BCUT2D eigenvalue weighted by Crippen LogP contribution is -2.65. The highest BCUT2D eigenvalue weighted by Crippen LogP contribution is 2.30. The van der Waals surface area contributed by atoms with E-state index in [-0.39, 0.29) is 6.54 Å². The number of aromatic nitrogens is 2. The first-order valence-electron chi connectivity index (χ1n) is 12.2. The minimum absolute atomic E-state index is 0.127. The second-order valence-corrected chi connectivity index (χ2v) is 9.67. The zero-order chi connectivity index (χ0) is 28.6. The third kappa shape index (κ3) is 6.09. The maximum Gasteiger partial charge on any atom is 0.330 e. The molecule has 222 valence electrons. The lowest BCUT2D eigenvalue weighted by Gasteiger charge is -2.43. The lowest BCUT2D eigenvalue weighted by atomic mass is 9.96. The van der Waals surface area contributed by atoms with E-state index < -0.39 is 110 Å². The van der Waals surface area contributed by atoms with E-state index in [0.717, 1.165) is 16.8 Å². The molecule has 39 heavy (non-hydrogen) atoms. The molecule has 4 rings (SSSR count). The van der Waals surface area contributed by atoms with Crippen molar-refractivity contribution in [2.75, 3.05) is 19.8 Å². The highest BCUT2D eigenvalue weighted by atomic mass is 16.7. The Morgan fingerprint density at radius 2 is 1.26 bits per heavy atom. The van der Waals surface area contributed by atoms with Gasteiger partial charge in [0.25, 0.3) is 5.56 Å². The van der Waals surface area contributed by atoms with Crippen molar-refractivity contribution >= 4 is 0 Å². The van der Waals surface area contributed by atoms with Gasteiger partial charge in [0.2, 0.25) is 0 Å². The Morgan fingerprint density at radius 3 is 1.79 bits per heavy atom. The molecule has 0 spiro atoms. The van der Waals surface area contributed by atoms with Crippen LogP contribution in [0.5, 0.6) is 0 Å². The van der Waals surface area contributed by atoms with Crippen LogP contribution in [0.4, 0.5) is 0 Å². The van der Waals surface area contributed by atoms with Gasteiger partial charge in [0.05, 0.1) is 25.3 Å². The summed E-state index contributed by atoms with van der Waals surface area (Å²) >= 11 is 0. The van der Waals surface area contributed by atoms with Crippen LogP contribution in [0.2, 0.25) is 0 Å². The van der Waals surface area contributed by atoms with Crippen LogP contribution in [-0.4, -0.2) is 140 Å². The van der Waals surface area contributed by atoms with E-state index in [0.29, 0.717) is 0 Å². The minimum Gasteiger partial charge on any atom is -0.388 e. The molecule has 0 aliphatic carbocycles. The average molecular weight is 566 g/mol. The van der Waals surface area contributed by atoms with Crippen molar-refractivity contribution in [1.29, 1.82) is 0 Å². The van der Waals surface area contributed by atoms with E-state index in [2.05, 4.69) is 0 Å².